The fourth-order valence-electron chi connectivity index (χ4n) is 3.17. The molecule has 2 rings (SSSR count). The minimum absolute atomic E-state index is 0.00793. The summed E-state index contributed by atoms with van der Waals surface area (Å²) in [5.41, 5.74) is 0.765. The van der Waals surface area contributed by atoms with E-state index in [1.807, 2.05) is 18.7 Å². The molecule has 2 amide bonds. The van der Waals surface area contributed by atoms with Gasteiger partial charge in [-0.1, -0.05) is 11.6 Å². The summed E-state index contributed by atoms with van der Waals surface area (Å²) in [5.74, 6) is 0.355. The van der Waals surface area contributed by atoms with Crippen LogP contribution in [0.5, 0.6) is 0 Å². The number of benzene rings is 1. The van der Waals surface area contributed by atoms with Gasteiger partial charge in [0.2, 0.25) is 11.8 Å². The maximum absolute atomic E-state index is 12.4. The zero-order chi connectivity index (χ0) is 16.8. The molecule has 1 saturated carbocycles. The Bertz CT molecular complexity index is 532. The number of hydrogen-bond donors (Lipinski definition) is 1. The fourth-order valence-corrected chi connectivity index (χ4v) is 3.30. The number of carbonyl (C=O) groups excluding carboxylic acids is 2. The van der Waals surface area contributed by atoms with Crippen LogP contribution in [0.15, 0.2) is 24.3 Å². The van der Waals surface area contributed by atoms with Crippen molar-refractivity contribution in [1.82, 2.24) is 4.90 Å². The predicted octanol–water partition coefficient (Wildman–Crippen LogP) is 3.95. The molecule has 0 aliphatic heterocycles. The number of nitrogens with one attached hydrogen (secondary N) is 1. The number of halogens is 1. The molecule has 1 aliphatic rings. The average molecular weight is 337 g/mol. The Morgan fingerprint density at radius 1 is 1.04 bits per heavy atom. The Labute approximate surface area is 143 Å². The van der Waals surface area contributed by atoms with E-state index in [9.17, 15) is 9.59 Å². The van der Waals surface area contributed by atoms with E-state index in [-0.39, 0.29) is 23.7 Å². The largest absolute Gasteiger partial charge is 0.343 e. The SMILES string of the molecule is CCN(CC)C(=O)C1CCC(C(=O)Nc2ccc(Cl)cc2)CC1. The van der Waals surface area contributed by atoms with Gasteiger partial charge >= 0.3 is 0 Å². The molecule has 0 bridgehead atoms. The lowest BCUT2D eigenvalue weighted by Gasteiger charge is -2.30. The topological polar surface area (TPSA) is 49.4 Å². The monoisotopic (exact) mass is 336 g/mol. The van der Waals surface area contributed by atoms with Crippen LogP contribution >= 0.6 is 11.6 Å². The number of anilines is 1. The van der Waals surface area contributed by atoms with Crippen molar-refractivity contribution in [3.63, 3.8) is 0 Å². The van der Waals surface area contributed by atoms with E-state index in [0.29, 0.717) is 5.02 Å². The molecule has 4 nitrogen and oxygen atoms in total. The second-order valence-electron chi connectivity index (χ2n) is 6.06. The normalized spacial score (nSPS) is 20.8. The fraction of sp³-hybridized carbons (Fsp3) is 0.556. The summed E-state index contributed by atoms with van der Waals surface area (Å²) >= 11 is 5.84. The van der Waals surface area contributed by atoms with Crippen molar-refractivity contribution in [2.24, 2.45) is 11.8 Å². The summed E-state index contributed by atoms with van der Waals surface area (Å²) in [6, 6.07) is 7.12. The molecule has 5 heteroatoms. The zero-order valence-corrected chi connectivity index (χ0v) is 14.6. The number of hydrogen-bond acceptors (Lipinski definition) is 2. The Morgan fingerprint density at radius 3 is 2.09 bits per heavy atom. The van der Waals surface area contributed by atoms with Gasteiger partial charge in [-0.3, -0.25) is 9.59 Å². The van der Waals surface area contributed by atoms with Crippen LogP contribution in [0.4, 0.5) is 5.69 Å². The van der Waals surface area contributed by atoms with Gasteiger partial charge in [0.25, 0.3) is 0 Å². The van der Waals surface area contributed by atoms with Gasteiger partial charge in [0.1, 0.15) is 0 Å². The molecule has 0 radical (unpaired) electrons. The summed E-state index contributed by atoms with van der Waals surface area (Å²) in [5, 5.41) is 3.59. The van der Waals surface area contributed by atoms with Crippen LogP contribution in [0.3, 0.4) is 0 Å². The van der Waals surface area contributed by atoms with Crippen molar-refractivity contribution < 1.29 is 9.59 Å². The van der Waals surface area contributed by atoms with Crippen LogP contribution in [0.2, 0.25) is 5.02 Å². The highest BCUT2D eigenvalue weighted by atomic mass is 35.5. The van der Waals surface area contributed by atoms with Crippen molar-refractivity contribution in [3.05, 3.63) is 29.3 Å². The van der Waals surface area contributed by atoms with E-state index in [1.165, 1.54) is 0 Å². The second kappa shape index (κ2) is 8.34. The highest BCUT2D eigenvalue weighted by Crippen LogP contribution is 2.31. The van der Waals surface area contributed by atoms with Crippen molar-refractivity contribution in [1.29, 1.82) is 0 Å². The molecule has 0 heterocycles. The maximum Gasteiger partial charge on any atom is 0.227 e. The van der Waals surface area contributed by atoms with Gasteiger partial charge < -0.3 is 10.2 Å². The van der Waals surface area contributed by atoms with Crippen molar-refractivity contribution in [3.8, 4) is 0 Å². The van der Waals surface area contributed by atoms with Crippen molar-refractivity contribution >= 4 is 29.1 Å². The zero-order valence-electron chi connectivity index (χ0n) is 13.8. The maximum atomic E-state index is 12.4. The van der Waals surface area contributed by atoms with E-state index < -0.39 is 0 Å². The van der Waals surface area contributed by atoms with Crippen LogP contribution in [0.1, 0.15) is 39.5 Å². The van der Waals surface area contributed by atoms with Gasteiger partial charge in [-0.2, -0.15) is 0 Å². The summed E-state index contributed by atoms with van der Waals surface area (Å²) in [6.45, 7) is 5.53. The van der Waals surface area contributed by atoms with Crippen molar-refractivity contribution in [2.75, 3.05) is 18.4 Å². The Hall–Kier alpha value is -1.55. The molecule has 126 valence electrons. The Balaban J connectivity index is 1.85. The summed E-state index contributed by atoms with van der Waals surface area (Å²) in [6.07, 6.45) is 3.15. The quantitative estimate of drug-likeness (QED) is 0.885. The smallest absolute Gasteiger partial charge is 0.227 e. The molecule has 0 unspecified atom stereocenters. The Kier molecular flexibility index (Phi) is 6.46. The number of amides is 2. The highest BCUT2D eigenvalue weighted by molar-refractivity contribution is 6.30. The first kappa shape index (κ1) is 17.8. The molecule has 1 fully saturated rings. The molecule has 1 aromatic rings. The van der Waals surface area contributed by atoms with Crippen LogP contribution in [0.25, 0.3) is 0 Å². The minimum atomic E-state index is -0.00793. The Morgan fingerprint density at radius 2 is 1.57 bits per heavy atom. The molecule has 0 spiro atoms. The van der Waals surface area contributed by atoms with E-state index in [0.717, 1.165) is 44.5 Å². The molecule has 1 aromatic carbocycles. The van der Waals surface area contributed by atoms with Crippen LogP contribution in [-0.2, 0) is 9.59 Å². The van der Waals surface area contributed by atoms with Gasteiger partial charge in [0, 0.05) is 35.6 Å². The minimum Gasteiger partial charge on any atom is -0.343 e. The van der Waals surface area contributed by atoms with Gasteiger partial charge in [0.15, 0.2) is 0 Å². The van der Waals surface area contributed by atoms with E-state index in [2.05, 4.69) is 5.32 Å². The molecule has 0 saturated heterocycles. The number of carbonyl (C=O) groups is 2. The lowest BCUT2D eigenvalue weighted by molar-refractivity contribution is -0.137. The highest BCUT2D eigenvalue weighted by Gasteiger charge is 2.31. The molecular weight excluding hydrogens is 312 g/mol. The lowest BCUT2D eigenvalue weighted by Crippen LogP contribution is -2.38. The van der Waals surface area contributed by atoms with E-state index in [1.54, 1.807) is 24.3 Å². The third-order valence-corrected chi connectivity index (χ3v) is 4.89. The number of rotatable bonds is 5. The van der Waals surface area contributed by atoms with E-state index >= 15 is 0 Å². The first-order chi connectivity index (χ1) is 11.0. The van der Waals surface area contributed by atoms with Crippen LogP contribution in [0, 0.1) is 11.8 Å². The summed E-state index contributed by atoms with van der Waals surface area (Å²) in [7, 11) is 0. The average Bonchev–Trinajstić information content (AvgIpc) is 2.58. The third-order valence-electron chi connectivity index (χ3n) is 4.63. The van der Waals surface area contributed by atoms with Crippen LogP contribution in [-0.4, -0.2) is 29.8 Å². The molecule has 23 heavy (non-hydrogen) atoms. The number of nitrogens with zero attached hydrogens (tertiary/aromatic N) is 1. The van der Waals surface area contributed by atoms with Crippen LogP contribution < -0.4 is 5.32 Å². The van der Waals surface area contributed by atoms with Gasteiger partial charge in [-0.05, 0) is 63.8 Å². The third kappa shape index (κ3) is 4.71. The first-order valence-corrected chi connectivity index (χ1v) is 8.78. The standard InChI is InChI=1S/C18H25ClN2O2/c1-3-21(4-2)18(23)14-7-5-13(6-8-14)17(22)20-16-11-9-15(19)10-12-16/h9-14H,3-8H2,1-2H3,(H,20,22). The summed E-state index contributed by atoms with van der Waals surface area (Å²) < 4.78 is 0. The van der Waals surface area contributed by atoms with Gasteiger partial charge in [-0.25, -0.2) is 0 Å². The lowest BCUT2D eigenvalue weighted by atomic mass is 9.81. The molecule has 1 aliphatic carbocycles. The van der Waals surface area contributed by atoms with E-state index in [4.69, 9.17) is 11.6 Å². The second-order valence-corrected chi connectivity index (χ2v) is 6.49. The first-order valence-electron chi connectivity index (χ1n) is 8.40. The predicted molar refractivity (Wildman–Crippen MR) is 93.5 cm³/mol. The molecule has 1 N–H and O–H groups in total. The molecular formula is C18H25ClN2O2. The molecule has 0 aromatic heterocycles. The van der Waals surface area contributed by atoms with Crippen molar-refractivity contribution in [2.45, 2.75) is 39.5 Å². The molecule has 0 atom stereocenters. The van der Waals surface area contributed by atoms with Gasteiger partial charge in [0.05, 0.1) is 0 Å². The summed E-state index contributed by atoms with van der Waals surface area (Å²) in [4.78, 5) is 26.6. The van der Waals surface area contributed by atoms with Gasteiger partial charge in [-0.15, -0.1) is 0 Å².